The van der Waals surface area contributed by atoms with Crippen LogP contribution in [0.5, 0.6) is 5.75 Å². The summed E-state index contributed by atoms with van der Waals surface area (Å²) in [5.74, 6) is 0.511. The molecule has 2 aromatic carbocycles. The first kappa shape index (κ1) is 18.3. The van der Waals surface area contributed by atoms with Crippen LogP contribution in [0.2, 0.25) is 0 Å². The van der Waals surface area contributed by atoms with Gasteiger partial charge in [0.05, 0.1) is 13.2 Å². The summed E-state index contributed by atoms with van der Waals surface area (Å²) in [5, 5.41) is 5.75. The number of nitrogens with two attached hydrogens (primary N) is 1. The van der Waals surface area contributed by atoms with Gasteiger partial charge in [0, 0.05) is 16.9 Å². The number of anilines is 2. The van der Waals surface area contributed by atoms with Crippen molar-refractivity contribution >= 4 is 23.2 Å². The Morgan fingerprint density at radius 1 is 1.08 bits per heavy atom. The average Bonchev–Trinajstić information content (AvgIpc) is 2.59. The first-order valence-corrected chi connectivity index (χ1v) is 8.10. The Balaban J connectivity index is 1.83. The number of hydrogen-bond donors (Lipinski definition) is 3. The molecule has 0 aliphatic heterocycles. The van der Waals surface area contributed by atoms with Crippen LogP contribution in [0.15, 0.2) is 48.5 Å². The molecule has 0 aliphatic rings. The van der Waals surface area contributed by atoms with E-state index in [2.05, 4.69) is 24.5 Å². The fourth-order valence-corrected chi connectivity index (χ4v) is 2.07. The highest BCUT2D eigenvalue weighted by Gasteiger charge is 2.05. The maximum Gasteiger partial charge on any atom is 0.248 e. The van der Waals surface area contributed by atoms with Crippen molar-refractivity contribution in [1.29, 1.82) is 0 Å². The second-order valence-corrected chi connectivity index (χ2v) is 6.08. The van der Waals surface area contributed by atoms with Gasteiger partial charge in [-0.2, -0.15) is 0 Å². The SMILES string of the molecule is CC(C)COc1ccc(NCC(=O)Nc2cccc(C(N)=O)c2)cc1. The molecule has 2 aromatic rings. The first-order chi connectivity index (χ1) is 11.9. The molecule has 4 N–H and O–H groups in total. The van der Waals surface area contributed by atoms with E-state index in [4.69, 9.17) is 10.5 Å². The minimum atomic E-state index is -0.533. The van der Waals surface area contributed by atoms with Gasteiger partial charge in [0.25, 0.3) is 0 Å². The van der Waals surface area contributed by atoms with Crippen molar-refractivity contribution in [3.63, 3.8) is 0 Å². The van der Waals surface area contributed by atoms with E-state index in [-0.39, 0.29) is 12.5 Å². The summed E-state index contributed by atoms with van der Waals surface area (Å²) in [7, 11) is 0. The Bertz CT molecular complexity index is 727. The highest BCUT2D eigenvalue weighted by atomic mass is 16.5. The van der Waals surface area contributed by atoms with Gasteiger partial charge in [-0.25, -0.2) is 0 Å². The molecule has 0 fully saturated rings. The van der Waals surface area contributed by atoms with E-state index in [1.807, 2.05) is 24.3 Å². The topological polar surface area (TPSA) is 93.4 Å². The van der Waals surface area contributed by atoms with E-state index in [9.17, 15) is 9.59 Å². The van der Waals surface area contributed by atoms with E-state index in [0.717, 1.165) is 11.4 Å². The lowest BCUT2D eigenvalue weighted by molar-refractivity contribution is -0.114. The van der Waals surface area contributed by atoms with Gasteiger partial charge < -0.3 is 21.1 Å². The number of ether oxygens (including phenoxy) is 1. The minimum absolute atomic E-state index is 0.104. The lowest BCUT2D eigenvalue weighted by atomic mass is 10.2. The van der Waals surface area contributed by atoms with Crippen molar-refractivity contribution in [3.8, 4) is 5.75 Å². The van der Waals surface area contributed by atoms with Gasteiger partial charge >= 0.3 is 0 Å². The Morgan fingerprint density at radius 3 is 2.44 bits per heavy atom. The van der Waals surface area contributed by atoms with Crippen LogP contribution in [-0.2, 0) is 4.79 Å². The molecule has 0 unspecified atom stereocenters. The van der Waals surface area contributed by atoms with Crippen molar-refractivity contribution in [2.75, 3.05) is 23.8 Å². The first-order valence-electron chi connectivity index (χ1n) is 8.10. The molecular weight excluding hydrogens is 318 g/mol. The Kier molecular flexibility index (Phi) is 6.39. The summed E-state index contributed by atoms with van der Waals surface area (Å²) in [6, 6.07) is 13.9. The van der Waals surface area contributed by atoms with Crippen LogP contribution >= 0.6 is 0 Å². The molecule has 0 saturated heterocycles. The predicted molar refractivity (Wildman–Crippen MR) is 98.9 cm³/mol. The minimum Gasteiger partial charge on any atom is -0.493 e. The number of hydrogen-bond acceptors (Lipinski definition) is 4. The highest BCUT2D eigenvalue weighted by molar-refractivity contribution is 5.97. The van der Waals surface area contributed by atoms with Crippen molar-refractivity contribution in [3.05, 3.63) is 54.1 Å². The van der Waals surface area contributed by atoms with E-state index >= 15 is 0 Å². The van der Waals surface area contributed by atoms with Gasteiger partial charge in [0.2, 0.25) is 11.8 Å². The summed E-state index contributed by atoms with van der Waals surface area (Å²) in [6.07, 6.45) is 0. The predicted octanol–water partition coefficient (Wildman–Crippen LogP) is 2.87. The molecule has 0 aromatic heterocycles. The van der Waals surface area contributed by atoms with Crippen LogP contribution in [-0.4, -0.2) is 25.0 Å². The smallest absolute Gasteiger partial charge is 0.248 e. The number of nitrogens with one attached hydrogen (secondary N) is 2. The lowest BCUT2D eigenvalue weighted by Gasteiger charge is -2.11. The molecule has 0 heterocycles. The molecule has 0 saturated carbocycles. The van der Waals surface area contributed by atoms with Gasteiger partial charge in [-0.3, -0.25) is 9.59 Å². The fraction of sp³-hybridized carbons (Fsp3) is 0.263. The van der Waals surface area contributed by atoms with Crippen LogP contribution in [0.3, 0.4) is 0 Å². The van der Waals surface area contributed by atoms with Gasteiger partial charge in [-0.1, -0.05) is 19.9 Å². The number of carbonyl (C=O) groups excluding carboxylic acids is 2. The zero-order chi connectivity index (χ0) is 18.2. The summed E-state index contributed by atoms with van der Waals surface area (Å²) < 4.78 is 5.61. The standard InChI is InChI=1S/C19H23N3O3/c1-13(2)12-25-17-8-6-15(7-9-17)21-11-18(23)22-16-5-3-4-14(10-16)19(20)24/h3-10,13,21H,11-12H2,1-2H3,(H2,20,24)(H,22,23). The summed E-state index contributed by atoms with van der Waals surface area (Å²) in [4.78, 5) is 23.1. The largest absolute Gasteiger partial charge is 0.493 e. The highest BCUT2D eigenvalue weighted by Crippen LogP contribution is 2.16. The van der Waals surface area contributed by atoms with Gasteiger partial charge in [0.15, 0.2) is 0 Å². The average molecular weight is 341 g/mol. The van der Waals surface area contributed by atoms with Crippen molar-refractivity contribution < 1.29 is 14.3 Å². The third-order valence-corrected chi connectivity index (χ3v) is 3.32. The monoisotopic (exact) mass is 341 g/mol. The molecule has 2 amide bonds. The number of rotatable bonds is 8. The summed E-state index contributed by atoms with van der Waals surface area (Å²) in [6.45, 7) is 4.95. The van der Waals surface area contributed by atoms with Crippen molar-refractivity contribution in [2.24, 2.45) is 11.7 Å². The molecule has 6 nitrogen and oxygen atoms in total. The van der Waals surface area contributed by atoms with Gasteiger partial charge in [-0.15, -0.1) is 0 Å². The molecule has 132 valence electrons. The van der Waals surface area contributed by atoms with Crippen LogP contribution in [0.4, 0.5) is 11.4 Å². The Hall–Kier alpha value is -3.02. The fourth-order valence-electron chi connectivity index (χ4n) is 2.07. The molecule has 0 bridgehead atoms. The van der Waals surface area contributed by atoms with E-state index in [1.165, 1.54) is 0 Å². The molecule has 0 aliphatic carbocycles. The number of benzene rings is 2. The second kappa shape index (κ2) is 8.73. The molecule has 0 radical (unpaired) electrons. The van der Waals surface area contributed by atoms with Crippen LogP contribution in [0.1, 0.15) is 24.2 Å². The number of amides is 2. The van der Waals surface area contributed by atoms with E-state index in [1.54, 1.807) is 24.3 Å². The normalized spacial score (nSPS) is 10.4. The number of carbonyl (C=O) groups is 2. The van der Waals surface area contributed by atoms with E-state index < -0.39 is 5.91 Å². The van der Waals surface area contributed by atoms with Crippen LogP contribution in [0, 0.1) is 5.92 Å². The molecule has 25 heavy (non-hydrogen) atoms. The quantitative estimate of drug-likeness (QED) is 0.688. The molecule has 2 rings (SSSR count). The molecular formula is C19H23N3O3. The second-order valence-electron chi connectivity index (χ2n) is 6.08. The van der Waals surface area contributed by atoms with Gasteiger partial charge in [-0.05, 0) is 48.4 Å². The molecule has 6 heteroatoms. The van der Waals surface area contributed by atoms with Crippen molar-refractivity contribution in [2.45, 2.75) is 13.8 Å². The third kappa shape index (κ3) is 6.18. The van der Waals surface area contributed by atoms with Crippen LogP contribution in [0.25, 0.3) is 0 Å². The van der Waals surface area contributed by atoms with Crippen molar-refractivity contribution in [1.82, 2.24) is 0 Å². The zero-order valence-corrected chi connectivity index (χ0v) is 14.4. The molecule has 0 atom stereocenters. The maximum atomic E-state index is 12.0. The maximum absolute atomic E-state index is 12.0. The summed E-state index contributed by atoms with van der Waals surface area (Å²) >= 11 is 0. The van der Waals surface area contributed by atoms with Crippen LogP contribution < -0.4 is 21.1 Å². The van der Waals surface area contributed by atoms with E-state index in [0.29, 0.717) is 23.8 Å². The lowest BCUT2D eigenvalue weighted by Crippen LogP contribution is -2.22. The molecule has 0 spiro atoms. The third-order valence-electron chi connectivity index (χ3n) is 3.32. The number of primary amides is 1. The van der Waals surface area contributed by atoms with Gasteiger partial charge in [0.1, 0.15) is 5.75 Å². The Morgan fingerprint density at radius 2 is 1.80 bits per heavy atom. The Labute approximate surface area is 147 Å². The zero-order valence-electron chi connectivity index (χ0n) is 14.4. The summed E-state index contributed by atoms with van der Waals surface area (Å²) in [5.41, 5.74) is 6.92.